The highest BCUT2D eigenvalue weighted by Crippen LogP contribution is 2.37. The molecule has 0 fully saturated rings. The molecule has 1 aliphatic heterocycles. The van der Waals surface area contributed by atoms with Crippen molar-refractivity contribution in [3.63, 3.8) is 0 Å². The predicted molar refractivity (Wildman–Crippen MR) is 88.2 cm³/mol. The molecule has 2 aromatic carbocycles. The summed E-state index contributed by atoms with van der Waals surface area (Å²) in [5.41, 5.74) is 5.98. The minimum atomic E-state index is 0.00297. The molecule has 2 aromatic rings. The summed E-state index contributed by atoms with van der Waals surface area (Å²) >= 11 is 6.29. The third-order valence-electron chi connectivity index (χ3n) is 3.66. The van der Waals surface area contributed by atoms with Crippen molar-refractivity contribution in [2.75, 3.05) is 5.32 Å². The first-order chi connectivity index (χ1) is 9.46. The molecule has 0 atom stereocenters. The summed E-state index contributed by atoms with van der Waals surface area (Å²) in [5, 5.41) is 4.34. The number of halogens is 1. The smallest absolute Gasteiger partial charge is 0.0505 e. The molecule has 2 heteroatoms. The van der Waals surface area contributed by atoms with Crippen LogP contribution < -0.4 is 5.32 Å². The average molecular weight is 284 g/mol. The first-order valence-electron chi connectivity index (χ1n) is 6.83. The van der Waals surface area contributed by atoms with Gasteiger partial charge < -0.3 is 5.32 Å². The van der Waals surface area contributed by atoms with Crippen molar-refractivity contribution in [3.8, 4) is 11.1 Å². The summed E-state index contributed by atoms with van der Waals surface area (Å²) in [5.74, 6) is 0. The van der Waals surface area contributed by atoms with Crippen LogP contribution in [0.15, 0.2) is 48.5 Å². The van der Waals surface area contributed by atoms with Crippen molar-refractivity contribution in [2.45, 2.75) is 26.3 Å². The lowest BCUT2D eigenvalue weighted by molar-refractivity contribution is 0.707. The topological polar surface area (TPSA) is 12.0 Å². The van der Waals surface area contributed by atoms with Crippen molar-refractivity contribution >= 4 is 22.9 Å². The van der Waals surface area contributed by atoms with Crippen molar-refractivity contribution in [1.29, 1.82) is 0 Å². The van der Waals surface area contributed by atoms with Crippen LogP contribution in [0.5, 0.6) is 0 Å². The lowest BCUT2D eigenvalue weighted by atomic mass is 9.89. The Bertz CT molecular complexity index is 698. The summed E-state index contributed by atoms with van der Waals surface area (Å²) in [6.45, 7) is 6.53. The third kappa shape index (κ3) is 2.34. The van der Waals surface area contributed by atoms with Crippen LogP contribution in [-0.4, -0.2) is 5.54 Å². The molecule has 0 saturated heterocycles. The summed E-state index contributed by atoms with van der Waals surface area (Å²) in [4.78, 5) is 0. The van der Waals surface area contributed by atoms with E-state index in [9.17, 15) is 0 Å². The molecule has 1 aliphatic rings. The van der Waals surface area contributed by atoms with Crippen LogP contribution in [0, 0.1) is 0 Å². The summed E-state index contributed by atoms with van der Waals surface area (Å²) < 4.78 is 0. The second-order valence-electron chi connectivity index (χ2n) is 5.91. The number of nitrogens with one attached hydrogen (secondary N) is 1. The van der Waals surface area contributed by atoms with Crippen LogP contribution in [0.1, 0.15) is 26.3 Å². The Morgan fingerprint density at radius 3 is 2.50 bits per heavy atom. The van der Waals surface area contributed by atoms with Crippen molar-refractivity contribution < 1.29 is 0 Å². The summed E-state index contributed by atoms with van der Waals surface area (Å²) in [6.07, 6.45) is 2.27. The Morgan fingerprint density at radius 1 is 1.00 bits per heavy atom. The van der Waals surface area contributed by atoms with Gasteiger partial charge in [0.25, 0.3) is 0 Å². The molecule has 0 radical (unpaired) electrons. The molecule has 1 N–H and O–H groups in total. The molecule has 0 saturated carbocycles. The van der Waals surface area contributed by atoms with Gasteiger partial charge in [-0.3, -0.25) is 0 Å². The SMILES string of the molecule is CC1=CC(C)(C)Nc2ccc(-c3ccccc3Cl)cc21. The number of hydrogen-bond acceptors (Lipinski definition) is 1. The maximum atomic E-state index is 6.29. The van der Waals surface area contributed by atoms with Crippen LogP contribution in [0.25, 0.3) is 16.7 Å². The number of allylic oxidation sites excluding steroid dienone is 1. The lowest BCUT2D eigenvalue weighted by Crippen LogP contribution is -2.31. The lowest BCUT2D eigenvalue weighted by Gasteiger charge is -2.31. The minimum absolute atomic E-state index is 0.00297. The van der Waals surface area contributed by atoms with Gasteiger partial charge in [-0.2, -0.15) is 0 Å². The van der Waals surface area contributed by atoms with Crippen LogP contribution in [0.2, 0.25) is 5.02 Å². The molecule has 0 bridgehead atoms. The highest BCUT2D eigenvalue weighted by atomic mass is 35.5. The molecule has 3 rings (SSSR count). The number of anilines is 1. The van der Waals surface area contributed by atoms with Gasteiger partial charge >= 0.3 is 0 Å². The Kier molecular flexibility index (Phi) is 3.10. The van der Waals surface area contributed by atoms with E-state index in [1.54, 1.807) is 0 Å². The number of fused-ring (bicyclic) bond motifs is 1. The molecule has 102 valence electrons. The molecule has 0 aromatic heterocycles. The highest BCUT2D eigenvalue weighted by molar-refractivity contribution is 6.33. The van der Waals surface area contributed by atoms with E-state index in [1.165, 1.54) is 16.8 Å². The zero-order valence-corrected chi connectivity index (χ0v) is 12.8. The maximum Gasteiger partial charge on any atom is 0.0505 e. The zero-order valence-electron chi connectivity index (χ0n) is 12.0. The fourth-order valence-corrected chi connectivity index (χ4v) is 3.09. The Labute approximate surface area is 125 Å². The van der Waals surface area contributed by atoms with Crippen molar-refractivity contribution in [2.24, 2.45) is 0 Å². The van der Waals surface area contributed by atoms with E-state index >= 15 is 0 Å². The van der Waals surface area contributed by atoms with Gasteiger partial charge in [0.1, 0.15) is 0 Å². The van der Waals surface area contributed by atoms with E-state index in [0.717, 1.165) is 16.1 Å². The fraction of sp³-hybridized carbons (Fsp3) is 0.222. The first-order valence-corrected chi connectivity index (χ1v) is 7.21. The number of rotatable bonds is 1. The van der Waals surface area contributed by atoms with Gasteiger partial charge in [-0.15, -0.1) is 0 Å². The molecule has 0 amide bonds. The van der Waals surface area contributed by atoms with Gasteiger partial charge in [-0.25, -0.2) is 0 Å². The van der Waals surface area contributed by atoms with Crippen LogP contribution in [0.3, 0.4) is 0 Å². The minimum Gasteiger partial charge on any atom is -0.376 e. The second kappa shape index (κ2) is 4.68. The molecule has 1 nitrogen and oxygen atoms in total. The number of benzene rings is 2. The van der Waals surface area contributed by atoms with E-state index in [2.05, 4.69) is 56.4 Å². The Morgan fingerprint density at radius 2 is 1.75 bits per heavy atom. The Balaban J connectivity index is 2.12. The van der Waals surface area contributed by atoms with Crippen LogP contribution >= 0.6 is 11.6 Å². The van der Waals surface area contributed by atoms with Gasteiger partial charge in [0.05, 0.1) is 5.54 Å². The van der Waals surface area contributed by atoms with Crippen molar-refractivity contribution in [1.82, 2.24) is 0 Å². The number of hydrogen-bond donors (Lipinski definition) is 1. The quantitative estimate of drug-likeness (QED) is 0.717. The van der Waals surface area contributed by atoms with Gasteiger partial charge in [0, 0.05) is 21.8 Å². The molecular weight excluding hydrogens is 266 g/mol. The normalized spacial score (nSPS) is 16.1. The standard InChI is InChI=1S/C18H18ClN/c1-12-11-18(2,3)20-17-9-8-13(10-15(12)17)14-6-4-5-7-16(14)19/h4-11,20H,1-3H3. The summed E-state index contributed by atoms with van der Waals surface area (Å²) in [7, 11) is 0. The van der Waals surface area contributed by atoms with Gasteiger partial charge in [0.2, 0.25) is 0 Å². The van der Waals surface area contributed by atoms with Crippen LogP contribution in [-0.2, 0) is 0 Å². The molecule has 1 heterocycles. The van der Waals surface area contributed by atoms with Crippen LogP contribution in [0.4, 0.5) is 5.69 Å². The third-order valence-corrected chi connectivity index (χ3v) is 3.99. The van der Waals surface area contributed by atoms with E-state index < -0.39 is 0 Å². The average Bonchev–Trinajstić information content (AvgIpc) is 2.38. The first kappa shape index (κ1) is 13.3. The maximum absolute atomic E-state index is 6.29. The van der Waals surface area contributed by atoms with E-state index in [1.807, 2.05) is 18.2 Å². The molecule has 20 heavy (non-hydrogen) atoms. The highest BCUT2D eigenvalue weighted by Gasteiger charge is 2.22. The largest absolute Gasteiger partial charge is 0.376 e. The van der Waals surface area contributed by atoms with Gasteiger partial charge in [0.15, 0.2) is 0 Å². The molecule has 0 spiro atoms. The molecular formula is C18H18ClN. The van der Waals surface area contributed by atoms with Gasteiger partial charge in [-0.05, 0) is 50.1 Å². The van der Waals surface area contributed by atoms with E-state index in [4.69, 9.17) is 11.6 Å². The van der Waals surface area contributed by atoms with E-state index in [-0.39, 0.29) is 5.54 Å². The summed E-state index contributed by atoms with van der Waals surface area (Å²) in [6, 6.07) is 14.5. The van der Waals surface area contributed by atoms with E-state index in [0.29, 0.717) is 0 Å². The van der Waals surface area contributed by atoms with Gasteiger partial charge in [-0.1, -0.05) is 41.9 Å². The Hall–Kier alpha value is -1.73. The zero-order chi connectivity index (χ0) is 14.3. The monoisotopic (exact) mass is 283 g/mol. The van der Waals surface area contributed by atoms with Crippen molar-refractivity contribution in [3.05, 3.63) is 59.1 Å². The fourth-order valence-electron chi connectivity index (χ4n) is 2.84. The predicted octanol–water partition coefficient (Wildman–Crippen LogP) is 5.61. The molecule has 0 unspecified atom stereocenters. The second-order valence-corrected chi connectivity index (χ2v) is 6.32. The molecule has 0 aliphatic carbocycles.